The molecule has 0 aliphatic heterocycles. The minimum absolute atomic E-state index is 0.638. The highest BCUT2D eigenvalue weighted by atomic mass is 15.2. The Hall–Kier alpha value is -0.930. The summed E-state index contributed by atoms with van der Waals surface area (Å²) in [5.41, 5.74) is 1.19. The molecule has 1 aromatic heterocycles. The second-order valence-corrected chi connectivity index (χ2v) is 6.11. The maximum atomic E-state index is 4.51. The second-order valence-electron chi connectivity index (χ2n) is 6.11. The van der Waals surface area contributed by atoms with E-state index < -0.39 is 0 Å². The number of hydrogen-bond donors (Lipinski definition) is 1. The summed E-state index contributed by atoms with van der Waals surface area (Å²) in [6.45, 7) is 7.66. The molecule has 1 aliphatic carbocycles. The van der Waals surface area contributed by atoms with Crippen LogP contribution in [0.3, 0.4) is 0 Å². The van der Waals surface area contributed by atoms with Gasteiger partial charge < -0.3 is 5.32 Å². The molecule has 0 bridgehead atoms. The van der Waals surface area contributed by atoms with Crippen LogP contribution in [0.15, 0.2) is 24.4 Å². The van der Waals surface area contributed by atoms with Gasteiger partial charge in [0.2, 0.25) is 0 Å². The van der Waals surface area contributed by atoms with Crippen molar-refractivity contribution in [2.75, 3.05) is 13.1 Å². The van der Waals surface area contributed by atoms with E-state index in [9.17, 15) is 0 Å². The molecular formula is C18H31N3. The molecule has 0 radical (unpaired) electrons. The van der Waals surface area contributed by atoms with Gasteiger partial charge in [0.15, 0.2) is 0 Å². The van der Waals surface area contributed by atoms with Gasteiger partial charge >= 0.3 is 0 Å². The van der Waals surface area contributed by atoms with Gasteiger partial charge in [-0.15, -0.1) is 0 Å². The lowest BCUT2D eigenvalue weighted by Crippen LogP contribution is -2.50. The van der Waals surface area contributed by atoms with Gasteiger partial charge in [-0.25, -0.2) is 0 Å². The minimum atomic E-state index is 0.638. The van der Waals surface area contributed by atoms with E-state index in [1.54, 1.807) is 0 Å². The number of likely N-dealkylation sites (N-methyl/N-ethyl adjacent to an activating group) is 2. The van der Waals surface area contributed by atoms with Crippen molar-refractivity contribution in [3.8, 4) is 0 Å². The molecule has 0 amide bonds. The van der Waals surface area contributed by atoms with E-state index >= 15 is 0 Å². The van der Waals surface area contributed by atoms with Crippen molar-refractivity contribution in [2.24, 2.45) is 0 Å². The molecule has 118 valence electrons. The molecule has 2 unspecified atom stereocenters. The topological polar surface area (TPSA) is 28.2 Å². The van der Waals surface area contributed by atoms with E-state index in [2.05, 4.69) is 41.2 Å². The first kappa shape index (κ1) is 16.4. The first-order valence-electron chi connectivity index (χ1n) is 8.72. The molecule has 1 aliphatic rings. The van der Waals surface area contributed by atoms with Crippen molar-refractivity contribution in [3.63, 3.8) is 0 Å². The molecule has 3 heteroatoms. The molecule has 3 nitrogen and oxygen atoms in total. The zero-order valence-electron chi connectivity index (χ0n) is 13.7. The van der Waals surface area contributed by atoms with E-state index in [1.807, 2.05) is 12.3 Å². The van der Waals surface area contributed by atoms with Crippen LogP contribution in [0.2, 0.25) is 0 Å². The molecule has 1 N–H and O–H groups in total. The van der Waals surface area contributed by atoms with E-state index in [0.717, 1.165) is 19.6 Å². The summed E-state index contributed by atoms with van der Waals surface area (Å²) in [4.78, 5) is 7.14. The van der Waals surface area contributed by atoms with E-state index in [-0.39, 0.29) is 0 Å². The number of nitrogens with one attached hydrogen (secondary N) is 1. The monoisotopic (exact) mass is 289 g/mol. The van der Waals surface area contributed by atoms with Crippen LogP contribution in [-0.4, -0.2) is 35.1 Å². The van der Waals surface area contributed by atoms with Crippen molar-refractivity contribution >= 4 is 0 Å². The number of pyridine rings is 1. The van der Waals surface area contributed by atoms with Crippen LogP contribution >= 0.6 is 0 Å². The maximum absolute atomic E-state index is 4.51. The predicted molar refractivity (Wildman–Crippen MR) is 89.3 cm³/mol. The van der Waals surface area contributed by atoms with Crippen LogP contribution < -0.4 is 5.32 Å². The average molecular weight is 289 g/mol. The largest absolute Gasteiger partial charge is 0.313 e. The lowest BCUT2D eigenvalue weighted by atomic mass is 9.91. The quantitative estimate of drug-likeness (QED) is 0.867. The number of nitrogens with zero attached hydrogens (tertiary/aromatic N) is 2. The van der Waals surface area contributed by atoms with E-state index in [1.165, 1.54) is 44.2 Å². The first-order chi connectivity index (χ1) is 10.3. The highest BCUT2D eigenvalue weighted by Crippen LogP contribution is 2.23. The molecule has 21 heavy (non-hydrogen) atoms. The Morgan fingerprint density at radius 3 is 2.62 bits per heavy atom. The van der Waals surface area contributed by atoms with E-state index in [0.29, 0.717) is 12.1 Å². The Balaban J connectivity index is 2.07. The Morgan fingerprint density at radius 1 is 1.14 bits per heavy atom. The van der Waals surface area contributed by atoms with Crippen molar-refractivity contribution in [2.45, 2.75) is 71.0 Å². The molecule has 2 rings (SSSR count). The average Bonchev–Trinajstić information content (AvgIpc) is 2.50. The summed E-state index contributed by atoms with van der Waals surface area (Å²) >= 11 is 0. The van der Waals surface area contributed by atoms with Crippen molar-refractivity contribution in [3.05, 3.63) is 30.1 Å². The summed E-state index contributed by atoms with van der Waals surface area (Å²) in [6, 6.07) is 7.53. The summed E-state index contributed by atoms with van der Waals surface area (Å²) in [6.07, 6.45) is 10.1. The highest BCUT2D eigenvalue weighted by molar-refractivity contribution is 5.04. The van der Waals surface area contributed by atoms with Crippen molar-refractivity contribution < 1.29 is 0 Å². The zero-order valence-corrected chi connectivity index (χ0v) is 13.7. The normalized spacial score (nSPS) is 23.8. The molecule has 2 atom stereocenters. The van der Waals surface area contributed by atoms with Crippen LogP contribution in [0.1, 0.15) is 58.1 Å². The van der Waals surface area contributed by atoms with Crippen LogP contribution in [0.5, 0.6) is 0 Å². The lowest BCUT2D eigenvalue weighted by Gasteiger charge is -2.38. The smallest absolute Gasteiger partial charge is 0.0544 e. The fraction of sp³-hybridized carbons (Fsp3) is 0.722. The molecule has 0 aromatic carbocycles. The third-order valence-electron chi connectivity index (χ3n) is 4.66. The van der Waals surface area contributed by atoms with Gasteiger partial charge in [0, 0.05) is 24.8 Å². The van der Waals surface area contributed by atoms with Gasteiger partial charge in [-0.1, -0.05) is 45.6 Å². The summed E-state index contributed by atoms with van der Waals surface area (Å²) in [5, 5.41) is 3.74. The van der Waals surface area contributed by atoms with Gasteiger partial charge in [-0.05, 0) is 38.1 Å². The Morgan fingerprint density at radius 2 is 1.95 bits per heavy atom. The molecule has 1 saturated carbocycles. The van der Waals surface area contributed by atoms with Crippen molar-refractivity contribution in [1.29, 1.82) is 0 Å². The fourth-order valence-electron chi connectivity index (χ4n) is 3.57. The van der Waals surface area contributed by atoms with Crippen molar-refractivity contribution in [1.82, 2.24) is 15.2 Å². The minimum Gasteiger partial charge on any atom is -0.313 e. The summed E-state index contributed by atoms with van der Waals surface area (Å²) < 4.78 is 0. The maximum Gasteiger partial charge on any atom is 0.0544 e. The molecule has 0 saturated heterocycles. The van der Waals surface area contributed by atoms with Crippen LogP contribution in [0, 0.1) is 0 Å². The van der Waals surface area contributed by atoms with Gasteiger partial charge in [0.25, 0.3) is 0 Å². The molecular weight excluding hydrogens is 258 g/mol. The van der Waals surface area contributed by atoms with Crippen LogP contribution in [0.25, 0.3) is 0 Å². The number of rotatable bonds is 6. The van der Waals surface area contributed by atoms with Gasteiger partial charge in [-0.3, -0.25) is 9.88 Å². The standard InChI is InChI=1S/C18H31N3/c1-3-19-17-12-7-5-6-8-13-18(17)21(4-2)15-16-11-9-10-14-20-16/h9-11,14,17-19H,3-8,12-13,15H2,1-2H3. The summed E-state index contributed by atoms with van der Waals surface area (Å²) in [5.74, 6) is 0. The SMILES string of the molecule is CCNC1CCCCCCC1N(CC)Cc1ccccn1. The molecule has 1 fully saturated rings. The third kappa shape index (κ3) is 5.08. The molecule has 0 spiro atoms. The van der Waals surface area contributed by atoms with Gasteiger partial charge in [0.05, 0.1) is 5.69 Å². The van der Waals surface area contributed by atoms with E-state index in [4.69, 9.17) is 0 Å². The van der Waals surface area contributed by atoms with Crippen LogP contribution in [-0.2, 0) is 6.54 Å². The number of hydrogen-bond acceptors (Lipinski definition) is 3. The summed E-state index contributed by atoms with van der Waals surface area (Å²) in [7, 11) is 0. The first-order valence-corrected chi connectivity index (χ1v) is 8.72. The Kier molecular flexibility index (Phi) is 7.17. The second kappa shape index (κ2) is 9.16. The number of aromatic nitrogens is 1. The Labute approximate surface area is 130 Å². The van der Waals surface area contributed by atoms with Gasteiger partial charge in [-0.2, -0.15) is 0 Å². The Bertz CT molecular complexity index is 379. The lowest BCUT2D eigenvalue weighted by molar-refractivity contribution is 0.131. The third-order valence-corrected chi connectivity index (χ3v) is 4.66. The zero-order chi connectivity index (χ0) is 14.9. The van der Waals surface area contributed by atoms with Crippen LogP contribution in [0.4, 0.5) is 0 Å². The van der Waals surface area contributed by atoms with Gasteiger partial charge in [0.1, 0.15) is 0 Å². The highest BCUT2D eigenvalue weighted by Gasteiger charge is 2.27. The predicted octanol–water partition coefficient (Wildman–Crippen LogP) is 3.60. The molecule has 1 aromatic rings. The molecule has 1 heterocycles. The fourth-order valence-corrected chi connectivity index (χ4v) is 3.57.